The molecule has 3 aliphatic heterocycles. The van der Waals surface area contributed by atoms with Crippen LogP contribution in [0.25, 0.3) is 0 Å². The molecule has 8 nitrogen and oxygen atoms in total. The Morgan fingerprint density at radius 1 is 1.54 bits per heavy atom. The molecule has 9 heteroatoms. The van der Waals surface area contributed by atoms with Crippen LogP contribution in [0.4, 0.5) is 0 Å². The van der Waals surface area contributed by atoms with E-state index in [1.54, 1.807) is 19.6 Å². The molecule has 1 amide bonds. The van der Waals surface area contributed by atoms with Crippen LogP contribution in [0.15, 0.2) is 23.3 Å². The Bertz CT molecular complexity index is 738. The van der Waals surface area contributed by atoms with Gasteiger partial charge >= 0.3 is 12.3 Å². The molecule has 0 aromatic carbocycles. The summed E-state index contributed by atoms with van der Waals surface area (Å²) in [6.45, 7) is 5.05. The Morgan fingerprint density at radius 3 is 2.92 bits per heavy atom. The average Bonchev–Trinajstić information content (AvgIpc) is 3.12. The van der Waals surface area contributed by atoms with Crippen molar-refractivity contribution in [3.05, 3.63) is 23.3 Å². The van der Waals surface area contributed by atoms with Crippen molar-refractivity contribution in [3.63, 3.8) is 0 Å². The minimum Gasteiger partial charge on any atom is -0.477 e. The molecule has 0 aliphatic carbocycles. The summed E-state index contributed by atoms with van der Waals surface area (Å²) >= 11 is 1.54. The number of aliphatic hydroxyl groups is 1. The van der Waals surface area contributed by atoms with Crippen LogP contribution in [-0.4, -0.2) is 54.1 Å². The fourth-order valence-corrected chi connectivity index (χ4v) is 5.49. The highest BCUT2D eigenvalue weighted by Crippen LogP contribution is 2.51. The topological polar surface area (TPSA) is 99.5 Å². The number of amides is 1. The highest BCUT2D eigenvalue weighted by molar-refractivity contribution is 8.03. The van der Waals surface area contributed by atoms with E-state index in [1.807, 2.05) is 16.3 Å². The third-order valence-corrected chi connectivity index (χ3v) is 6.57. The lowest BCUT2D eigenvalue weighted by Gasteiger charge is -2.46. The number of β-lactam (4-membered cyclic amide) rings is 1. The third kappa shape index (κ3) is 2.04. The van der Waals surface area contributed by atoms with Crippen molar-refractivity contribution in [2.75, 3.05) is 0 Å². The van der Waals surface area contributed by atoms with E-state index in [2.05, 4.69) is 4.98 Å². The molecule has 2 N–H and O–H groups in total. The van der Waals surface area contributed by atoms with Gasteiger partial charge in [-0.15, -0.1) is 11.8 Å². The number of rotatable bonds is 4. The van der Waals surface area contributed by atoms with Gasteiger partial charge in [-0.3, -0.25) is 4.79 Å². The molecule has 4 heterocycles. The van der Waals surface area contributed by atoms with Crippen molar-refractivity contribution in [3.8, 4) is 0 Å². The highest BCUT2D eigenvalue weighted by Gasteiger charge is 2.60. The summed E-state index contributed by atoms with van der Waals surface area (Å²) in [6.07, 6.45) is 2.74. The van der Waals surface area contributed by atoms with Gasteiger partial charge in [-0.1, -0.05) is 6.92 Å². The first-order valence-electron chi connectivity index (χ1n) is 7.95. The second-order valence-electron chi connectivity index (χ2n) is 6.64. The molecule has 4 rings (SSSR count). The Labute approximate surface area is 142 Å². The van der Waals surface area contributed by atoms with E-state index in [0.29, 0.717) is 0 Å². The summed E-state index contributed by atoms with van der Waals surface area (Å²) in [5.74, 6) is -1.95. The molecule has 1 aromatic heterocycles. The molecule has 0 spiro atoms. The van der Waals surface area contributed by atoms with Crippen molar-refractivity contribution >= 4 is 23.6 Å². The van der Waals surface area contributed by atoms with E-state index in [0.717, 1.165) is 18.0 Å². The zero-order valence-corrected chi connectivity index (χ0v) is 14.2. The molecule has 0 radical (unpaired) electrons. The monoisotopic (exact) mass is 351 g/mol. The third-order valence-electron chi connectivity index (χ3n) is 5.12. The SMILES string of the molecule is C[C@@H](O)C1C(=O)N2C(C(=O)O)=C(SC3Cn4cnc[n+]4C3)[C@H](C)[C@H]12. The summed E-state index contributed by atoms with van der Waals surface area (Å²) < 4.78 is 3.99. The summed E-state index contributed by atoms with van der Waals surface area (Å²) in [4.78, 5) is 30.3. The first-order valence-corrected chi connectivity index (χ1v) is 8.83. The van der Waals surface area contributed by atoms with E-state index >= 15 is 0 Å². The minimum atomic E-state index is -1.07. The molecule has 128 valence electrons. The fraction of sp³-hybridized carbons (Fsp3) is 0.600. The van der Waals surface area contributed by atoms with Crippen LogP contribution in [0, 0.1) is 11.8 Å². The lowest BCUT2D eigenvalue weighted by Crippen LogP contribution is -2.63. The Morgan fingerprint density at radius 2 is 2.29 bits per heavy atom. The first kappa shape index (κ1) is 15.6. The number of thioether (sulfide) groups is 1. The smallest absolute Gasteiger partial charge is 0.353 e. The fourth-order valence-electron chi connectivity index (χ4n) is 4.03. The van der Waals surface area contributed by atoms with Crippen molar-refractivity contribution < 1.29 is 24.5 Å². The van der Waals surface area contributed by atoms with Crippen molar-refractivity contribution in [2.24, 2.45) is 11.8 Å². The van der Waals surface area contributed by atoms with Gasteiger partial charge in [-0.05, 0) is 11.9 Å². The second-order valence-corrected chi connectivity index (χ2v) is 7.98. The number of carboxylic acids is 1. The number of carboxylic acid groups (broad SMARTS) is 1. The largest absolute Gasteiger partial charge is 0.477 e. The molecule has 1 saturated heterocycles. The van der Waals surface area contributed by atoms with E-state index in [-0.39, 0.29) is 28.8 Å². The zero-order chi connectivity index (χ0) is 17.2. The molecule has 0 saturated carbocycles. The van der Waals surface area contributed by atoms with Crippen LogP contribution < -0.4 is 4.68 Å². The number of fused-ring (bicyclic) bond motifs is 2. The maximum Gasteiger partial charge on any atom is 0.353 e. The predicted octanol–water partition coefficient (Wildman–Crippen LogP) is -0.560. The van der Waals surface area contributed by atoms with Gasteiger partial charge in [0.15, 0.2) is 0 Å². The van der Waals surface area contributed by atoms with Gasteiger partial charge in [0.05, 0.1) is 29.9 Å². The van der Waals surface area contributed by atoms with Crippen LogP contribution in [0.2, 0.25) is 0 Å². The van der Waals surface area contributed by atoms with Crippen LogP contribution in [0.1, 0.15) is 13.8 Å². The number of carbonyl (C=O) groups excluding carboxylic acids is 1. The maximum atomic E-state index is 12.3. The van der Waals surface area contributed by atoms with Crippen molar-refractivity contribution in [1.29, 1.82) is 0 Å². The Balaban J connectivity index is 1.61. The van der Waals surface area contributed by atoms with Gasteiger partial charge in [0.1, 0.15) is 12.2 Å². The van der Waals surface area contributed by atoms with Gasteiger partial charge in [0, 0.05) is 10.8 Å². The molecule has 0 bridgehead atoms. The second kappa shape index (κ2) is 5.32. The van der Waals surface area contributed by atoms with Crippen LogP contribution in [-0.2, 0) is 22.7 Å². The van der Waals surface area contributed by atoms with Crippen LogP contribution in [0.3, 0.4) is 0 Å². The normalized spacial score (nSPS) is 32.6. The Kier molecular flexibility index (Phi) is 3.47. The lowest BCUT2D eigenvalue weighted by atomic mass is 9.79. The number of aliphatic hydroxyl groups excluding tert-OH is 1. The first-order chi connectivity index (χ1) is 11.4. The standard InChI is InChI=1S/C15H18N4O4S/c1-7-11-10(8(2)20)14(21)19(11)12(15(22)23)13(7)24-9-3-17-5-16-6-18(17)4-9/h5-11,20H,3-4H2,1-2H3/p+1/t7-,8-,10?,11-/m1/s1. The number of hydrogen-bond acceptors (Lipinski definition) is 5. The quantitative estimate of drug-likeness (QED) is 0.557. The Hall–Kier alpha value is -1.87. The number of aromatic nitrogens is 3. The summed E-state index contributed by atoms with van der Waals surface area (Å²) in [7, 11) is 0. The zero-order valence-electron chi connectivity index (χ0n) is 13.4. The number of nitrogens with zero attached hydrogens (tertiary/aromatic N) is 4. The summed E-state index contributed by atoms with van der Waals surface area (Å²) in [6, 6.07) is -0.249. The van der Waals surface area contributed by atoms with Gasteiger partial charge < -0.3 is 15.1 Å². The van der Waals surface area contributed by atoms with E-state index < -0.39 is 18.0 Å². The van der Waals surface area contributed by atoms with Gasteiger partial charge in [-0.2, -0.15) is 9.36 Å². The molecular weight excluding hydrogens is 332 g/mol. The van der Waals surface area contributed by atoms with E-state index in [4.69, 9.17) is 0 Å². The van der Waals surface area contributed by atoms with Gasteiger partial charge in [0.2, 0.25) is 12.2 Å². The van der Waals surface area contributed by atoms with Crippen LogP contribution >= 0.6 is 11.8 Å². The molecule has 24 heavy (non-hydrogen) atoms. The van der Waals surface area contributed by atoms with Crippen molar-refractivity contribution in [2.45, 2.75) is 44.3 Å². The number of hydrogen-bond donors (Lipinski definition) is 2. The van der Waals surface area contributed by atoms with E-state index in [1.165, 1.54) is 16.7 Å². The minimum absolute atomic E-state index is 0.0820. The highest BCUT2D eigenvalue weighted by atomic mass is 32.2. The summed E-state index contributed by atoms with van der Waals surface area (Å²) in [5.41, 5.74) is 0.0964. The molecule has 1 fully saturated rings. The van der Waals surface area contributed by atoms with Gasteiger partial charge in [0.25, 0.3) is 0 Å². The molecule has 4 atom stereocenters. The molecule has 1 aromatic rings. The number of carbonyl (C=O) groups is 2. The van der Waals surface area contributed by atoms with Gasteiger partial charge in [-0.25, -0.2) is 4.79 Å². The maximum absolute atomic E-state index is 12.3. The van der Waals surface area contributed by atoms with Crippen molar-refractivity contribution in [1.82, 2.24) is 14.6 Å². The van der Waals surface area contributed by atoms with E-state index in [9.17, 15) is 19.8 Å². The molecule has 3 aliphatic rings. The molecule has 1 unspecified atom stereocenters. The lowest BCUT2D eigenvalue weighted by molar-refractivity contribution is -0.758. The van der Waals surface area contributed by atoms with Crippen LogP contribution in [0.5, 0.6) is 0 Å². The predicted molar refractivity (Wildman–Crippen MR) is 83.4 cm³/mol. The average molecular weight is 351 g/mol. The summed E-state index contributed by atoms with van der Waals surface area (Å²) in [5, 5.41) is 19.7. The molecular formula is C15H19N4O4S+. The number of aliphatic carboxylic acids is 1.